The molecule has 5 heteroatoms. The summed E-state index contributed by atoms with van der Waals surface area (Å²) >= 11 is 0. The van der Waals surface area contributed by atoms with E-state index >= 15 is 0 Å². The van der Waals surface area contributed by atoms with Crippen LogP contribution in [0.2, 0.25) is 0 Å². The SMILES string of the molecule is CC(C)(C)S(=O)N1C[C@@H]2CC(=O)C(c3ccccc3)=C2[C@H]1CCO. The molecule has 0 radical (unpaired) electrons. The zero-order valence-electron chi connectivity index (χ0n) is 14.5. The van der Waals surface area contributed by atoms with E-state index in [-0.39, 0.29) is 29.1 Å². The second-order valence-corrected chi connectivity index (χ2v) is 9.70. The quantitative estimate of drug-likeness (QED) is 0.911. The molecule has 0 saturated carbocycles. The Hall–Kier alpha value is -1.30. The number of benzene rings is 1. The third-order valence-electron chi connectivity index (χ3n) is 4.75. The number of ketones is 1. The first-order chi connectivity index (χ1) is 11.3. The van der Waals surface area contributed by atoms with Crippen LogP contribution in [0.1, 0.15) is 39.2 Å². The van der Waals surface area contributed by atoms with Gasteiger partial charge in [-0.1, -0.05) is 30.3 Å². The van der Waals surface area contributed by atoms with Gasteiger partial charge in [0.1, 0.15) is 11.0 Å². The first-order valence-electron chi connectivity index (χ1n) is 8.46. The topological polar surface area (TPSA) is 57.6 Å². The number of carbonyl (C=O) groups excluding carboxylic acids is 1. The fourth-order valence-corrected chi connectivity index (χ4v) is 5.26. The second-order valence-electron chi connectivity index (χ2n) is 7.51. The lowest BCUT2D eigenvalue weighted by atomic mass is 9.94. The number of aliphatic hydroxyl groups is 1. The molecule has 1 aliphatic heterocycles. The Morgan fingerprint density at radius 2 is 1.92 bits per heavy atom. The molecule has 1 heterocycles. The van der Waals surface area contributed by atoms with E-state index in [1.54, 1.807) is 0 Å². The van der Waals surface area contributed by atoms with Crippen molar-refractivity contribution in [2.75, 3.05) is 13.2 Å². The van der Waals surface area contributed by atoms with Crippen LogP contribution in [0.3, 0.4) is 0 Å². The average molecular weight is 347 g/mol. The van der Waals surface area contributed by atoms with Gasteiger partial charge >= 0.3 is 0 Å². The normalized spacial score (nSPS) is 26.1. The van der Waals surface area contributed by atoms with Gasteiger partial charge in [0.05, 0.1) is 4.75 Å². The summed E-state index contributed by atoms with van der Waals surface area (Å²) in [6.07, 6.45) is 0.997. The highest BCUT2D eigenvalue weighted by atomic mass is 32.2. The minimum Gasteiger partial charge on any atom is -0.396 e. The zero-order valence-corrected chi connectivity index (χ0v) is 15.3. The Morgan fingerprint density at radius 3 is 2.50 bits per heavy atom. The summed E-state index contributed by atoms with van der Waals surface area (Å²) in [6, 6.07) is 9.60. The van der Waals surface area contributed by atoms with Gasteiger partial charge in [-0.05, 0) is 38.3 Å². The van der Waals surface area contributed by atoms with Crippen LogP contribution in [-0.4, -0.2) is 43.3 Å². The first kappa shape index (κ1) is 17.5. The van der Waals surface area contributed by atoms with Crippen LogP contribution >= 0.6 is 0 Å². The Bertz CT molecular complexity index is 690. The summed E-state index contributed by atoms with van der Waals surface area (Å²) in [7, 11) is -1.16. The molecule has 0 spiro atoms. The summed E-state index contributed by atoms with van der Waals surface area (Å²) in [6.45, 7) is 6.54. The molecule has 1 N–H and O–H groups in total. The Morgan fingerprint density at radius 1 is 1.25 bits per heavy atom. The maximum absolute atomic E-state index is 13.0. The molecule has 24 heavy (non-hydrogen) atoms. The van der Waals surface area contributed by atoms with Gasteiger partial charge < -0.3 is 5.11 Å². The van der Waals surface area contributed by atoms with Crippen LogP contribution in [0.15, 0.2) is 35.9 Å². The van der Waals surface area contributed by atoms with E-state index in [4.69, 9.17) is 0 Å². The highest BCUT2D eigenvalue weighted by Gasteiger charge is 2.48. The summed E-state index contributed by atoms with van der Waals surface area (Å²) < 4.78 is 14.6. The number of nitrogens with zero attached hydrogens (tertiary/aromatic N) is 1. The molecule has 4 nitrogen and oxygen atoms in total. The molecular weight excluding hydrogens is 322 g/mol. The molecule has 0 aromatic heterocycles. The van der Waals surface area contributed by atoms with Crippen LogP contribution in [-0.2, 0) is 15.8 Å². The van der Waals surface area contributed by atoms with Crippen molar-refractivity contribution in [3.05, 3.63) is 41.5 Å². The number of Topliss-reactive ketones (excluding diaryl/α,β-unsaturated/α-hetero) is 1. The number of allylic oxidation sites excluding steroid dienone is 1. The highest BCUT2D eigenvalue weighted by Crippen LogP contribution is 2.46. The van der Waals surface area contributed by atoms with Gasteiger partial charge in [-0.3, -0.25) is 4.79 Å². The minimum absolute atomic E-state index is 0.0228. The molecule has 1 unspecified atom stereocenters. The number of fused-ring (bicyclic) bond motifs is 1. The predicted molar refractivity (Wildman–Crippen MR) is 96.6 cm³/mol. The van der Waals surface area contributed by atoms with Crippen LogP contribution in [0.5, 0.6) is 0 Å². The molecule has 0 amide bonds. The van der Waals surface area contributed by atoms with Gasteiger partial charge in [0.25, 0.3) is 0 Å². The maximum Gasteiger partial charge on any atom is 0.164 e. The number of carbonyl (C=O) groups is 1. The first-order valence-corrected chi connectivity index (χ1v) is 9.57. The lowest BCUT2D eigenvalue weighted by Gasteiger charge is -2.30. The molecule has 1 aliphatic carbocycles. The van der Waals surface area contributed by atoms with Crippen molar-refractivity contribution in [3.8, 4) is 0 Å². The molecule has 0 bridgehead atoms. The lowest BCUT2D eigenvalue weighted by Crippen LogP contribution is -2.41. The van der Waals surface area contributed by atoms with Gasteiger partial charge in [-0.2, -0.15) is 0 Å². The third kappa shape index (κ3) is 3.01. The summed E-state index contributed by atoms with van der Waals surface area (Å²) in [5, 5.41) is 9.54. The van der Waals surface area contributed by atoms with Gasteiger partial charge in [-0.25, -0.2) is 8.51 Å². The fraction of sp³-hybridized carbons (Fsp3) is 0.526. The molecule has 1 fully saturated rings. The van der Waals surface area contributed by atoms with Crippen molar-refractivity contribution in [1.29, 1.82) is 0 Å². The van der Waals surface area contributed by atoms with E-state index in [9.17, 15) is 14.1 Å². The predicted octanol–water partition coefficient (Wildman–Crippen LogP) is 2.56. The molecule has 3 rings (SSSR count). The molecule has 3 atom stereocenters. The second kappa shape index (κ2) is 6.54. The largest absolute Gasteiger partial charge is 0.396 e. The fourth-order valence-electron chi connectivity index (χ4n) is 3.79. The zero-order chi connectivity index (χ0) is 17.5. The van der Waals surface area contributed by atoms with Crippen molar-refractivity contribution in [2.24, 2.45) is 5.92 Å². The van der Waals surface area contributed by atoms with E-state index in [0.29, 0.717) is 19.4 Å². The van der Waals surface area contributed by atoms with Gasteiger partial charge in [0, 0.05) is 37.1 Å². The number of hydrogen-bond donors (Lipinski definition) is 1. The van der Waals surface area contributed by atoms with Gasteiger partial charge in [-0.15, -0.1) is 0 Å². The number of hydrogen-bond acceptors (Lipinski definition) is 3. The Kier molecular flexibility index (Phi) is 4.78. The molecule has 2 aliphatic rings. The van der Waals surface area contributed by atoms with E-state index in [1.165, 1.54) is 0 Å². The molecule has 1 aromatic carbocycles. The average Bonchev–Trinajstić information content (AvgIpc) is 3.02. The third-order valence-corrected chi connectivity index (χ3v) is 6.63. The van der Waals surface area contributed by atoms with Crippen molar-refractivity contribution in [2.45, 2.75) is 44.4 Å². The van der Waals surface area contributed by atoms with Crippen molar-refractivity contribution in [3.63, 3.8) is 0 Å². The van der Waals surface area contributed by atoms with Gasteiger partial charge in [0.15, 0.2) is 5.78 Å². The van der Waals surface area contributed by atoms with E-state index in [0.717, 1.165) is 16.7 Å². The van der Waals surface area contributed by atoms with E-state index < -0.39 is 11.0 Å². The minimum atomic E-state index is -1.16. The van der Waals surface area contributed by atoms with Crippen molar-refractivity contribution >= 4 is 22.3 Å². The molecular formula is C19H25NO3S. The van der Waals surface area contributed by atoms with Crippen LogP contribution in [0, 0.1) is 5.92 Å². The van der Waals surface area contributed by atoms with Gasteiger partial charge in [0.2, 0.25) is 0 Å². The standard InChI is InChI=1S/C19H25NO3S/c1-19(2,3)24(23)20-12-14-11-16(22)18(13-7-5-4-6-8-13)17(14)15(20)9-10-21/h4-8,14-15,21H,9-12H2,1-3H3/t14-,15+,24?/m0/s1. The van der Waals surface area contributed by atoms with Crippen molar-refractivity contribution in [1.82, 2.24) is 4.31 Å². The van der Waals surface area contributed by atoms with Crippen LogP contribution in [0.4, 0.5) is 0 Å². The van der Waals surface area contributed by atoms with E-state index in [1.807, 2.05) is 55.4 Å². The smallest absolute Gasteiger partial charge is 0.164 e. The van der Waals surface area contributed by atoms with Crippen LogP contribution < -0.4 is 0 Å². The Labute approximate surface area is 146 Å². The summed E-state index contributed by atoms with van der Waals surface area (Å²) in [4.78, 5) is 12.6. The lowest BCUT2D eigenvalue weighted by molar-refractivity contribution is -0.113. The maximum atomic E-state index is 13.0. The Balaban J connectivity index is 2.07. The summed E-state index contributed by atoms with van der Waals surface area (Å²) in [5.41, 5.74) is 2.80. The number of rotatable bonds is 4. The number of aliphatic hydroxyl groups excluding tert-OH is 1. The molecule has 130 valence electrons. The van der Waals surface area contributed by atoms with Crippen molar-refractivity contribution < 1.29 is 14.1 Å². The highest BCUT2D eigenvalue weighted by molar-refractivity contribution is 7.84. The monoisotopic (exact) mass is 347 g/mol. The molecule has 1 aromatic rings. The molecule has 1 saturated heterocycles. The summed E-state index contributed by atoms with van der Waals surface area (Å²) in [5.74, 6) is 0.292. The van der Waals surface area contributed by atoms with Crippen LogP contribution in [0.25, 0.3) is 5.57 Å². The van der Waals surface area contributed by atoms with E-state index in [2.05, 4.69) is 0 Å².